The molecule has 0 saturated heterocycles. The highest BCUT2D eigenvalue weighted by molar-refractivity contribution is 4.72. The van der Waals surface area contributed by atoms with E-state index >= 15 is 0 Å². The topological polar surface area (TPSA) is 55.4 Å². The molecule has 1 aliphatic rings. The van der Waals surface area contributed by atoms with Gasteiger partial charge in [-0.2, -0.15) is 9.78 Å². The molecule has 0 heterocycles. The van der Waals surface area contributed by atoms with Gasteiger partial charge in [-0.1, -0.05) is 16.5 Å². The van der Waals surface area contributed by atoms with Crippen LogP contribution in [0.2, 0.25) is 0 Å². The molecule has 1 aliphatic carbocycles. The first-order valence-electron chi connectivity index (χ1n) is 7.19. The first-order valence-corrected chi connectivity index (χ1v) is 7.19. The van der Waals surface area contributed by atoms with Gasteiger partial charge in [0.05, 0.1) is 11.2 Å². The summed E-state index contributed by atoms with van der Waals surface area (Å²) in [7, 11) is 0. The third-order valence-corrected chi connectivity index (χ3v) is 2.56. The third kappa shape index (κ3) is 7.52. The van der Waals surface area contributed by atoms with Crippen molar-refractivity contribution < 1.29 is 29.6 Å². The van der Waals surface area contributed by atoms with Crippen LogP contribution in [0.3, 0.4) is 0 Å². The fourth-order valence-corrected chi connectivity index (χ4v) is 1.63. The lowest BCUT2D eigenvalue weighted by atomic mass is 9.94. The average Bonchev–Trinajstić information content (AvgIpc) is 2.26. The summed E-state index contributed by atoms with van der Waals surface area (Å²) in [5.41, 5.74) is -0.919. The summed E-state index contributed by atoms with van der Waals surface area (Å²) in [5, 5.41) is 9.73. The van der Waals surface area contributed by atoms with E-state index in [4.69, 9.17) is 29.6 Å². The second-order valence-electron chi connectivity index (χ2n) is 7.17. The molecule has 0 N–H and O–H groups in total. The summed E-state index contributed by atoms with van der Waals surface area (Å²) >= 11 is 0. The molecular formula is C14H28O6. The predicted octanol–water partition coefficient (Wildman–Crippen LogP) is 4.00. The van der Waals surface area contributed by atoms with Gasteiger partial charge in [0.15, 0.2) is 0 Å². The van der Waals surface area contributed by atoms with Crippen molar-refractivity contribution in [3.63, 3.8) is 0 Å². The van der Waals surface area contributed by atoms with Crippen molar-refractivity contribution in [1.82, 2.24) is 0 Å². The predicted molar refractivity (Wildman–Crippen MR) is 71.8 cm³/mol. The largest absolute Gasteiger partial charge is 0.240 e. The van der Waals surface area contributed by atoms with Gasteiger partial charge in [-0.25, -0.2) is 9.78 Å². The van der Waals surface area contributed by atoms with Crippen LogP contribution < -0.4 is 0 Å². The van der Waals surface area contributed by atoms with E-state index in [-0.39, 0.29) is 0 Å². The molecule has 0 bridgehead atoms. The Bertz CT molecular complexity index is 250. The van der Waals surface area contributed by atoms with Gasteiger partial charge in [-0.3, -0.25) is 0 Å². The molecule has 0 aromatic rings. The maximum absolute atomic E-state index is 5.31. The van der Waals surface area contributed by atoms with Crippen molar-refractivity contribution in [2.24, 2.45) is 0 Å². The van der Waals surface area contributed by atoms with Gasteiger partial charge in [-0.15, -0.1) is 0 Å². The van der Waals surface area contributed by atoms with Crippen LogP contribution in [-0.4, -0.2) is 17.0 Å². The van der Waals surface area contributed by atoms with Crippen molar-refractivity contribution in [1.29, 1.82) is 0 Å². The van der Waals surface area contributed by atoms with Crippen LogP contribution in [0.15, 0.2) is 0 Å². The molecule has 0 aromatic carbocycles. The Morgan fingerprint density at radius 3 is 1.40 bits per heavy atom. The van der Waals surface area contributed by atoms with Gasteiger partial charge in [0.2, 0.25) is 5.79 Å². The minimum absolute atomic E-state index is 0.460. The van der Waals surface area contributed by atoms with Crippen molar-refractivity contribution in [2.45, 2.75) is 90.6 Å². The molecular weight excluding hydrogens is 264 g/mol. The second-order valence-corrected chi connectivity index (χ2v) is 7.17. The van der Waals surface area contributed by atoms with Crippen LogP contribution in [0, 0.1) is 0 Å². The summed E-state index contributed by atoms with van der Waals surface area (Å²) in [6.07, 6.45) is 4.40. The number of rotatable bonds is 6. The molecule has 0 atom stereocenters. The van der Waals surface area contributed by atoms with Crippen LogP contribution in [0.1, 0.15) is 73.6 Å². The molecule has 0 amide bonds. The Hall–Kier alpha value is -0.240. The smallest absolute Gasteiger partial charge is 0.200 e. The van der Waals surface area contributed by atoms with Crippen molar-refractivity contribution in [3.05, 3.63) is 0 Å². The van der Waals surface area contributed by atoms with E-state index in [1.165, 1.54) is 0 Å². The minimum Gasteiger partial charge on any atom is -0.200 e. The zero-order valence-electron chi connectivity index (χ0n) is 13.5. The number of hydrogen-bond donors (Lipinski definition) is 0. The molecule has 20 heavy (non-hydrogen) atoms. The fourth-order valence-electron chi connectivity index (χ4n) is 1.63. The van der Waals surface area contributed by atoms with E-state index in [1.54, 1.807) is 0 Å². The second kappa shape index (κ2) is 7.15. The van der Waals surface area contributed by atoms with Crippen LogP contribution >= 0.6 is 0 Å². The molecule has 0 aromatic heterocycles. The van der Waals surface area contributed by atoms with Crippen LogP contribution in [0.4, 0.5) is 0 Å². The van der Waals surface area contributed by atoms with Crippen LogP contribution in [-0.2, 0) is 29.6 Å². The van der Waals surface area contributed by atoms with Gasteiger partial charge in [-0.05, 0) is 54.4 Å². The lowest BCUT2D eigenvalue weighted by Crippen LogP contribution is -2.40. The molecule has 0 radical (unpaired) electrons. The molecule has 1 saturated carbocycles. The van der Waals surface area contributed by atoms with Gasteiger partial charge in [0.1, 0.15) is 0 Å². The van der Waals surface area contributed by atoms with E-state index in [9.17, 15) is 0 Å². The SMILES string of the molecule is CC(C)(C)OOOC1(OOOC(C)(C)C)CCCCC1. The van der Waals surface area contributed by atoms with E-state index in [0.29, 0.717) is 12.8 Å². The summed E-state index contributed by atoms with van der Waals surface area (Å²) in [5.74, 6) is -0.977. The van der Waals surface area contributed by atoms with E-state index in [1.807, 2.05) is 41.5 Å². The first kappa shape index (κ1) is 17.8. The van der Waals surface area contributed by atoms with E-state index in [0.717, 1.165) is 19.3 Å². The molecule has 0 unspecified atom stereocenters. The standard InChI is InChI=1S/C14H28O6/c1-12(2,3)15-19-17-14(10-8-7-9-11-14)18-20-16-13(4,5)6/h7-11H2,1-6H3. The van der Waals surface area contributed by atoms with Crippen LogP contribution in [0.5, 0.6) is 0 Å². The zero-order chi connectivity index (χ0) is 15.3. The van der Waals surface area contributed by atoms with Crippen molar-refractivity contribution in [3.8, 4) is 0 Å². The lowest BCUT2D eigenvalue weighted by molar-refractivity contribution is -0.662. The van der Waals surface area contributed by atoms with Crippen molar-refractivity contribution >= 4 is 0 Å². The summed E-state index contributed by atoms with van der Waals surface area (Å²) in [6, 6.07) is 0. The Kier molecular flexibility index (Phi) is 6.37. The zero-order valence-corrected chi connectivity index (χ0v) is 13.5. The lowest BCUT2D eigenvalue weighted by Gasteiger charge is -2.33. The summed E-state index contributed by atoms with van der Waals surface area (Å²) < 4.78 is 0. The Morgan fingerprint density at radius 1 is 0.650 bits per heavy atom. The normalized spacial score (nSPS) is 20.1. The Balaban J connectivity index is 2.44. The Labute approximate surface area is 121 Å². The highest BCUT2D eigenvalue weighted by atomic mass is 17.6. The Morgan fingerprint density at radius 2 is 1.05 bits per heavy atom. The van der Waals surface area contributed by atoms with Gasteiger partial charge in [0, 0.05) is 12.8 Å². The molecule has 6 nitrogen and oxygen atoms in total. The molecule has 0 spiro atoms. The maximum Gasteiger partial charge on any atom is 0.240 e. The van der Waals surface area contributed by atoms with Crippen molar-refractivity contribution in [2.75, 3.05) is 0 Å². The van der Waals surface area contributed by atoms with Gasteiger partial charge < -0.3 is 0 Å². The van der Waals surface area contributed by atoms with Gasteiger partial charge in [0.25, 0.3) is 0 Å². The molecule has 1 rings (SSSR count). The summed E-state index contributed by atoms with van der Waals surface area (Å²) in [4.78, 5) is 20.8. The summed E-state index contributed by atoms with van der Waals surface area (Å²) in [6.45, 7) is 11.2. The molecule has 120 valence electrons. The van der Waals surface area contributed by atoms with E-state index < -0.39 is 17.0 Å². The van der Waals surface area contributed by atoms with E-state index in [2.05, 4.69) is 0 Å². The molecule has 0 aliphatic heterocycles. The van der Waals surface area contributed by atoms with Gasteiger partial charge >= 0.3 is 0 Å². The third-order valence-electron chi connectivity index (χ3n) is 2.56. The average molecular weight is 292 g/mol. The highest BCUT2D eigenvalue weighted by Gasteiger charge is 2.39. The first-order chi connectivity index (χ1) is 9.12. The minimum atomic E-state index is -0.977. The maximum atomic E-state index is 5.31. The monoisotopic (exact) mass is 292 g/mol. The molecule has 6 heteroatoms. The number of hydrogen-bond acceptors (Lipinski definition) is 6. The van der Waals surface area contributed by atoms with Crippen LogP contribution in [0.25, 0.3) is 0 Å². The quantitative estimate of drug-likeness (QED) is 0.419. The highest BCUT2D eigenvalue weighted by Crippen LogP contribution is 2.34. The molecule has 1 fully saturated rings. The fraction of sp³-hybridized carbons (Fsp3) is 1.00.